The minimum Gasteiger partial charge on any atom is -0.384 e. The normalized spacial score (nSPS) is 29.8. The van der Waals surface area contributed by atoms with E-state index >= 15 is 0 Å². The van der Waals surface area contributed by atoms with Gasteiger partial charge in [-0.3, -0.25) is 4.98 Å². The number of anilines is 1. The maximum absolute atomic E-state index is 6.12. The van der Waals surface area contributed by atoms with Gasteiger partial charge in [-0.1, -0.05) is 11.6 Å². The Bertz CT molecular complexity index is 998. The Balaban J connectivity index is 0.815. The summed E-state index contributed by atoms with van der Waals surface area (Å²) in [5.74, 6) is 3.26. The van der Waals surface area contributed by atoms with Crippen molar-refractivity contribution in [3.8, 4) is 0 Å². The van der Waals surface area contributed by atoms with Crippen molar-refractivity contribution in [3.63, 3.8) is 0 Å². The Kier molecular flexibility index (Phi) is 8.23. The molecule has 0 radical (unpaired) electrons. The summed E-state index contributed by atoms with van der Waals surface area (Å²) in [6.07, 6.45) is 15.1. The number of halogens is 1. The van der Waals surface area contributed by atoms with Crippen LogP contribution in [0.15, 0.2) is 30.5 Å². The minimum absolute atomic E-state index is 0.730. The lowest BCUT2D eigenvalue weighted by Gasteiger charge is -2.57. The number of piperazine rings is 1. The van der Waals surface area contributed by atoms with Crippen LogP contribution in [0.4, 0.5) is 5.69 Å². The molecule has 202 valence electrons. The molecule has 6 heteroatoms. The van der Waals surface area contributed by atoms with E-state index < -0.39 is 0 Å². The topological polar surface area (TPSA) is 43.4 Å². The number of aromatic nitrogens is 1. The van der Waals surface area contributed by atoms with Gasteiger partial charge in [-0.25, -0.2) is 0 Å². The van der Waals surface area contributed by atoms with E-state index in [0.29, 0.717) is 0 Å². The average molecular weight is 524 g/mol. The van der Waals surface area contributed by atoms with Gasteiger partial charge in [0, 0.05) is 55.0 Å². The highest BCUT2D eigenvalue weighted by Gasteiger charge is 2.50. The molecule has 5 nitrogen and oxygen atoms in total. The SMILES string of the molecule is Clc1ccc2c(NCCCN3CCN(CCCNCCC45CC6CC(CC(C6)C4)C5)CC3)ccnc2c1. The van der Waals surface area contributed by atoms with Gasteiger partial charge in [0.05, 0.1) is 5.52 Å². The van der Waals surface area contributed by atoms with E-state index in [-0.39, 0.29) is 0 Å². The summed E-state index contributed by atoms with van der Waals surface area (Å²) in [6.45, 7) is 10.7. The van der Waals surface area contributed by atoms with Gasteiger partial charge in [-0.15, -0.1) is 0 Å². The molecule has 2 heterocycles. The lowest BCUT2D eigenvalue weighted by atomic mass is 9.49. The molecule has 5 aliphatic rings. The molecule has 5 fully saturated rings. The van der Waals surface area contributed by atoms with Crippen LogP contribution in [-0.2, 0) is 0 Å². The quantitative estimate of drug-likeness (QED) is 0.339. The summed E-state index contributed by atoms with van der Waals surface area (Å²) in [6, 6.07) is 7.99. The zero-order valence-electron chi connectivity index (χ0n) is 22.6. The van der Waals surface area contributed by atoms with E-state index in [1.54, 1.807) is 38.5 Å². The number of benzene rings is 1. The predicted octanol–water partition coefficient (Wildman–Crippen LogP) is 5.89. The first-order valence-corrected chi connectivity index (χ1v) is 15.5. The number of pyridine rings is 1. The number of hydrogen-bond donors (Lipinski definition) is 2. The van der Waals surface area contributed by atoms with Crippen LogP contribution < -0.4 is 10.6 Å². The van der Waals surface area contributed by atoms with Gasteiger partial charge in [0.2, 0.25) is 0 Å². The van der Waals surface area contributed by atoms with Crippen molar-refractivity contribution in [2.24, 2.45) is 23.2 Å². The lowest BCUT2D eigenvalue weighted by Crippen LogP contribution is -2.47. The molecule has 4 aliphatic carbocycles. The largest absolute Gasteiger partial charge is 0.384 e. The van der Waals surface area contributed by atoms with Crippen LogP contribution in [0.1, 0.15) is 57.8 Å². The third kappa shape index (κ3) is 6.43. The molecule has 2 aromatic rings. The number of rotatable bonds is 12. The average Bonchev–Trinajstić information content (AvgIpc) is 2.88. The van der Waals surface area contributed by atoms with Crippen molar-refractivity contribution < 1.29 is 0 Å². The lowest BCUT2D eigenvalue weighted by molar-refractivity contribution is -0.0567. The van der Waals surface area contributed by atoms with Gasteiger partial charge in [-0.2, -0.15) is 0 Å². The van der Waals surface area contributed by atoms with E-state index in [4.69, 9.17) is 11.6 Å². The van der Waals surface area contributed by atoms with Gasteiger partial charge in [0.25, 0.3) is 0 Å². The summed E-state index contributed by atoms with van der Waals surface area (Å²) in [4.78, 5) is 9.74. The van der Waals surface area contributed by atoms with E-state index in [0.717, 1.165) is 57.7 Å². The molecule has 4 bridgehead atoms. The molecule has 0 spiro atoms. The molecule has 4 saturated carbocycles. The second-order valence-electron chi connectivity index (χ2n) is 12.8. The van der Waals surface area contributed by atoms with Crippen molar-refractivity contribution in [1.82, 2.24) is 20.1 Å². The van der Waals surface area contributed by atoms with Gasteiger partial charge in [-0.05, 0) is 131 Å². The van der Waals surface area contributed by atoms with Gasteiger partial charge >= 0.3 is 0 Å². The first kappa shape index (κ1) is 25.9. The van der Waals surface area contributed by atoms with Crippen molar-refractivity contribution in [1.29, 1.82) is 0 Å². The standard InChI is InChI=1S/C31H46ClN5/c32-27-3-4-28-29(5-9-35-30(28)20-27)34-8-2-12-37-15-13-36(14-16-37)11-1-7-33-10-6-31-21-24-17-25(22-31)19-26(18-24)23-31/h3-5,9,20,24-26,33H,1-2,6-8,10-19,21-23H2,(H,34,35). The van der Waals surface area contributed by atoms with Crippen molar-refractivity contribution >= 4 is 28.2 Å². The predicted molar refractivity (Wildman–Crippen MR) is 155 cm³/mol. The summed E-state index contributed by atoms with van der Waals surface area (Å²) in [7, 11) is 0. The maximum atomic E-state index is 6.12. The number of fused-ring (bicyclic) bond motifs is 1. The number of hydrogen-bond acceptors (Lipinski definition) is 5. The molecule has 1 aliphatic heterocycles. The zero-order valence-corrected chi connectivity index (χ0v) is 23.3. The highest BCUT2D eigenvalue weighted by molar-refractivity contribution is 6.31. The Hall–Kier alpha value is -1.40. The third-order valence-electron chi connectivity index (χ3n) is 9.96. The Morgan fingerprint density at radius 3 is 2.16 bits per heavy atom. The van der Waals surface area contributed by atoms with E-state index in [1.807, 2.05) is 18.3 Å². The number of nitrogens with one attached hydrogen (secondary N) is 2. The van der Waals surface area contributed by atoms with Crippen LogP contribution in [0.5, 0.6) is 0 Å². The van der Waals surface area contributed by atoms with Gasteiger partial charge in [0.15, 0.2) is 0 Å². The van der Waals surface area contributed by atoms with Crippen LogP contribution in [-0.4, -0.2) is 73.7 Å². The summed E-state index contributed by atoms with van der Waals surface area (Å²) < 4.78 is 0. The second kappa shape index (κ2) is 11.8. The molecule has 0 unspecified atom stereocenters. The van der Waals surface area contributed by atoms with Crippen LogP contribution in [0, 0.1) is 23.2 Å². The van der Waals surface area contributed by atoms with Crippen molar-refractivity contribution in [2.45, 2.75) is 57.8 Å². The molecule has 1 saturated heterocycles. The molecular formula is C31H46ClN5. The molecule has 37 heavy (non-hydrogen) atoms. The van der Waals surface area contributed by atoms with Crippen molar-refractivity contribution in [2.75, 3.05) is 64.2 Å². The molecular weight excluding hydrogens is 478 g/mol. The highest BCUT2D eigenvalue weighted by atomic mass is 35.5. The van der Waals surface area contributed by atoms with Crippen molar-refractivity contribution in [3.05, 3.63) is 35.5 Å². The Labute approximate surface area is 228 Å². The molecule has 0 amide bonds. The number of nitrogens with zero attached hydrogens (tertiary/aromatic N) is 3. The molecule has 7 rings (SSSR count). The Morgan fingerprint density at radius 1 is 0.838 bits per heavy atom. The molecule has 1 aromatic carbocycles. The fourth-order valence-electron chi connectivity index (χ4n) is 8.54. The Morgan fingerprint density at radius 2 is 1.49 bits per heavy atom. The van der Waals surface area contributed by atoms with E-state index in [2.05, 4.69) is 37.6 Å². The van der Waals surface area contributed by atoms with Crippen LogP contribution in [0.2, 0.25) is 5.02 Å². The second-order valence-corrected chi connectivity index (χ2v) is 13.2. The minimum atomic E-state index is 0.730. The van der Waals surface area contributed by atoms with E-state index in [1.165, 1.54) is 65.2 Å². The highest BCUT2D eigenvalue weighted by Crippen LogP contribution is 2.61. The maximum Gasteiger partial charge on any atom is 0.0737 e. The molecule has 1 aromatic heterocycles. The monoisotopic (exact) mass is 523 g/mol. The first-order chi connectivity index (χ1) is 18.1. The fraction of sp³-hybridized carbons (Fsp3) is 0.710. The van der Waals surface area contributed by atoms with Crippen LogP contribution in [0.3, 0.4) is 0 Å². The van der Waals surface area contributed by atoms with Crippen LogP contribution >= 0.6 is 11.6 Å². The third-order valence-corrected chi connectivity index (χ3v) is 10.2. The zero-order chi connectivity index (χ0) is 25.1. The fourth-order valence-corrected chi connectivity index (χ4v) is 8.71. The summed E-state index contributed by atoms with van der Waals surface area (Å²) in [5.41, 5.74) is 2.83. The van der Waals surface area contributed by atoms with Crippen LogP contribution in [0.25, 0.3) is 10.9 Å². The van der Waals surface area contributed by atoms with E-state index in [9.17, 15) is 0 Å². The molecule has 2 N–H and O–H groups in total. The smallest absolute Gasteiger partial charge is 0.0737 e. The molecule has 0 atom stereocenters. The van der Waals surface area contributed by atoms with Gasteiger partial charge < -0.3 is 20.4 Å². The summed E-state index contributed by atoms with van der Waals surface area (Å²) >= 11 is 6.12. The summed E-state index contributed by atoms with van der Waals surface area (Å²) in [5, 5.41) is 9.30. The van der Waals surface area contributed by atoms with Gasteiger partial charge in [0.1, 0.15) is 0 Å². The first-order valence-electron chi connectivity index (χ1n) is 15.1.